The molecular weight excluding hydrogens is 298 g/mol. The lowest BCUT2D eigenvalue weighted by molar-refractivity contribution is -0.118. The van der Waals surface area contributed by atoms with Crippen LogP contribution in [0.3, 0.4) is 0 Å². The summed E-state index contributed by atoms with van der Waals surface area (Å²) in [6.07, 6.45) is 3.72. The van der Waals surface area contributed by atoms with Gasteiger partial charge >= 0.3 is 0 Å². The summed E-state index contributed by atoms with van der Waals surface area (Å²) in [5.41, 5.74) is 1.65. The highest BCUT2D eigenvalue weighted by atomic mass is 32.2. The molecule has 0 fully saturated rings. The minimum absolute atomic E-state index is 0.0142. The minimum Gasteiger partial charge on any atom is -0.355 e. The molecule has 0 aliphatic rings. The SMILES string of the molecule is CCCCNC(=O)CSc1nc2c3ccccc3ncn2n1. The number of nitrogens with zero attached hydrogens (tertiary/aromatic N) is 4. The molecular formula is C15H17N5OS. The number of unbranched alkanes of at least 4 members (excludes halogenated alkanes) is 1. The lowest BCUT2D eigenvalue weighted by Gasteiger charge is -2.01. The van der Waals surface area contributed by atoms with E-state index in [0.717, 1.165) is 35.9 Å². The van der Waals surface area contributed by atoms with Crippen molar-refractivity contribution in [1.29, 1.82) is 0 Å². The molecule has 0 aliphatic carbocycles. The van der Waals surface area contributed by atoms with E-state index in [-0.39, 0.29) is 5.91 Å². The molecule has 6 nitrogen and oxygen atoms in total. The van der Waals surface area contributed by atoms with E-state index in [1.807, 2.05) is 24.3 Å². The molecule has 1 aromatic carbocycles. The van der Waals surface area contributed by atoms with Gasteiger partial charge in [0.1, 0.15) is 6.33 Å². The maximum Gasteiger partial charge on any atom is 0.230 e. The molecule has 114 valence electrons. The van der Waals surface area contributed by atoms with Crippen molar-refractivity contribution in [3.63, 3.8) is 0 Å². The monoisotopic (exact) mass is 315 g/mol. The number of carbonyl (C=O) groups is 1. The fraction of sp³-hybridized carbons (Fsp3) is 0.333. The molecule has 0 saturated heterocycles. The number of thioether (sulfide) groups is 1. The Bertz CT molecular complexity index is 801. The number of hydrogen-bond acceptors (Lipinski definition) is 5. The second kappa shape index (κ2) is 6.74. The number of carbonyl (C=O) groups excluding carboxylic acids is 1. The van der Waals surface area contributed by atoms with Gasteiger partial charge in [-0.3, -0.25) is 4.79 Å². The van der Waals surface area contributed by atoms with Crippen LogP contribution in [-0.4, -0.2) is 37.8 Å². The van der Waals surface area contributed by atoms with Crippen molar-refractivity contribution in [2.75, 3.05) is 12.3 Å². The highest BCUT2D eigenvalue weighted by Crippen LogP contribution is 2.19. The first-order valence-electron chi connectivity index (χ1n) is 7.27. The molecule has 0 aliphatic heterocycles. The zero-order chi connectivity index (χ0) is 15.4. The molecule has 3 rings (SSSR count). The molecule has 0 radical (unpaired) electrons. The van der Waals surface area contributed by atoms with Crippen molar-refractivity contribution in [2.45, 2.75) is 24.9 Å². The first-order valence-corrected chi connectivity index (χ1v) is 8.26. The third-order valence-electron chi connectivity index (χ3n) is 3.25. The average molecular weight is 315 g/mol. The lowest BCUT2D eigenvalue weighted by atomic mass is 10.2. The normalized spacial score (nSPS) is 11.1. The van der Waals surface area contributed by atoms with Crippen LogP contribution in [-0.2, 0) is 4.79 Å². The van der Waals surface area contributed by atoms with E-state index in [9.17, 15) is 4.79 Å². The first kappa shape index (κ1) is 14.8. The quantitative estimate of drug-likeness (QED) is 0.558. The van der Waals surface area contributed by atoms with Gasteiger partial charge in [0.25, 0.3) is 0 Å². The lowest BCUT2D eigenvalue weighted by Crippen LogP contribution is -2.26. The molecule has 1 amide bonds. The summed E-state index contributed by atoms with van der Waals surface area (Å²) in [5, 5.41) is 8.78. The van der Waals surface area contributed by atoms with Gasteiger partial charge in [-0.15, -0.1) is 5.10 Å². The van der Waals surface area contributed by atoms with E-state index >= 15 is 0 Å². The summed E-state index contributed by atoms with van der Waals surface area (Å²) in [7, 11) is 0. The molecule has 0 atom stereocenters. The van der Waals surface area contributed by atoms with Gasteiger partial charge in [-0.05, 0) is 18.6 Å². The number of aromatic nitrogens is 4. The van der Waals surface area contributed by atoms with E-state index < -0.39 is 0 Å². The number of para-hydroxylation sites is 1. The van der Waals surface area contributed by atoms with Crippen LogP contribution >= 0.6 is 11.8 Å². The van der Waals surface area contributed by atoms with E-state index in [4.69, 9.17) is 0 Å². The zero-order valence-corrected chi connectivity index (χ0v) is 13.1. The second-order valence-electron chi connectivity index (χ2n) is 4.92. The number of amides is 1. The van der Waals surface area contributed by atoms with E-state index in [0.29, 0.717) is 10.9 Å². The van der Waals surface area contributed by atoms with E-state index in [1.165, 1.54) is 11.8 Å². The predicted molar refractivity (Wildman–Crippen MR) is 86.9 cm³/mol. The number of benzene rings is 1. The van der Waals surface area contributed by atoms with Crippen LogP contribution in [0.5, 0.6) is 0 Å². The number of fused-ring (bicyclic) bond motifs is 3. The highest BCUT2D eigenvalue weighted by Gasteiger charge is 2.10. The third-order valence-corrected chi connectivity index (χ3v) is 4.09. The van der Waals surface area contributed by atoms with Crippen molar-refractivity contribution in [3.8, 4) is 0 Å². The van der Waals surface area contributed by atoms with Gasteiger partial charge in [-0.1, -0.05) is 37.2 Å². The molecule has 0 unspecified atom stereocenters. The Kier molecular flexibility index (Phi) is 4.53. The molecule has 2 heterocycles. The summed E-state index contributed by atoms with van der Waals surface area (Å²) in [6.45, 7) is 2.82. The zero-order valence-electron chi connectivity index (χ0n) is 12.3. The Labute approximate surface area is 132 Å². The fourth-order valence-electron chi connectivity index (χ4n) is 2.11. The van der Waals surface area contributed by atoms with Gasteiger partial charge in [0.05, 0.1) is 11.3 Å². The smallest absolute Gasteiger partial charge is 0.230 e. The standard InChI is InChI=1S/C15H17N5OS/c1-2-3-8-16-13(21)9-22-15-18-14-11-6-4-5-7-12(11)17-10-20(14)19-15/h4-7,10H,2-3,8-9H2,1H3,(H,16,21). The predicted octanol–water partition coefficient (Wildman–Crippen LogP) is 2.29. The number of hydrogen-bond donors (Lipinski definition) is 1. The third kappa shape index (κ3) is 3.19. The summed E-state index contributed by atoms with van der Waals surface area (Å²) >= 11 is 1.34. The Morgan fingerprint density at radius 3 is 3.09 bits per heavy atom. The van der Waals surface area contributed by atoms with Crippen LogP contribution in [0, 0.1) is 0 Å². The fourth-order valence-corrected chi connectivity index (χ4v) is 2.77. The second-order valence-corrected chi connectivity index (χ2v) is 5.86. The average Bonchev–Trinajstić information content (AvgIpc) is 2.97. The Morgan fingerprint density at radius 2 is 2.23 bits per heavy atom. The van der Waals surface area contributed by atoms with Gasteiger partial charge in [-0.25, -0.2) is 14.5 Å². The maximum absolute atomic E-state index is 11.7. The Balaban J connectivity index is 1.72. The summed E-state index contributed by atoms with van der Waals surface area (Å²) in [6, 6.07) is 7.81. The van der Waals surface area contributed by atoms with Gasteiger partial charge in [-0.2, -0.15) is 0 Å². The van der Waals surface area contributed by atoms with Crippen molar-refractivity contribution in [2.24, 2.45) is 0 Å². The topological polar surface area (TPSA) is 72.2 Å². The summed E-state index contributed by atoms with van der Waals surface area (Å²) in [5.74, 6) is 0.340. The largest absolute Gasteiger partial charge is 0.355 e. The van der Waals surface area contributed by atoms with Crippen LogP contribution in [0.1, 0.15) is 19.8 Å². The molecule has 22 heavy (non-hydrogen) atoms. The van der Waals surface area contributed by atoms with Gasteiger partial charge in [0.2, 0.25) is 11.1 Å². The Morgan fingerprint density at radius 1 is 1.36 bits per heavy atom. The molecule has 7 heteroatoms. The number of rotatable bonds is 6. The van der Waals surface area contributed by atoms with Gasteiger partial charge in [0.15, 0.2) is 5.65 Å². The Hall–Kier alpha value is -2.15. The van der Waals surface area contributed by atoms with E-state index in [1.54, 1.807) is 10.8 Å². The maximum atomic E-state index is 11.7. The van der Waals surface area contributed by atoms with Crippen LogP contribution in [0.2, 0.25) is 0 Å². The summed E-state index contributed by atoms with van der Waals surface area (Å²) < 4.78 is 1.65. The summed E-state index contributed by atoms with van der Waals surface area (Å²) in [4.78, 5) is 20.6. The van der Waals surface area contributed by atoms with Crippen LogP contribution < -0.4 is 5.32 Å². The van der Waals surface area contributed by atoms with E-state index in [2.05, 4.69) is 27.3 Å². The van der Waals surface area contributed by atoms with Crippen molar-refractivity contribution in [1.82, 2.24) is 24.9 Å². The van der Waals surface area contributed by atoms with Crippen molar-refractivity contribution >= 4 is 34.2 Å². The molecule has 0 saturated carbocycles. The van der Waals surface area contributed by atoms with Crippen LogP contribution in [0.4, 0.5) is 0 Å². The minimum atomic E-state index is 0.0142. The van der Waals surface area contributed by atoms with Crippen LogP contribution in [0.15, 0.2) is 35.7 Å². The molecule has 0 spiro atoms. The first-order chi connectivity index (χ1) is 10.8. The van der Waals surface area contributed by atoms with Crippen molar-refractivity contribution in [3.05, 3.63) is 30.6 Å². The van der Waals surface area contributed by atoms with Gasteiger partial charge in [0, 0.05) is 11.9 Å². The molecule has 1 N–H and O–H groups in total. The molecule has 2 aromatic heterocycles. The molecule has 3 aromatic rings. The highest BCUT2D eigenvalue weighted by molar-refractivity contribution is 7.99. The van der Waals surface area contributed by atoms with Crippen molar-refractivity contribution < 1.29 is 4.79 Å². The van der Waals surface area contributed by atoms with Gasteiger partial charge < -0.3 is 5.32 Å². The number of nitrogens with one attached hydrogen (secondary N) is 1. The molecule has 0 bridgehead atoms. The van der Waals surface area contributed by atoms with Crippen LogP contribution in [0.25, 0.3) is 16.6 Å².